The Kier molecular flexibility index (Phi) is 4.65. The minimum absolute atomic E-state index is 0.164. The van der Waals surface area contributed by atoms with Crippen LogP contribution in [-0.4, -0.2) is 0 Å². The van der Waals surface area contributed by atoms with Crippen molar-refractivity contribution >= 4 is 39.1 Å². The summed E-state index contributed by atoms with van der Waals surface area (Å²) in [5.41, 5.74) is 4.70. The van der Waals surface area contributed by atoms with Crippen LogP contribution in [0.15, 0.2) is 46.9 Å². The normalized spacial score (nSPS) is 12.4. The van der Waals surface area contributed by atoms with Gasteiger partial charge in [0.25, 0.3) is 0 Å². The number of hydrazine groups is 1. The molecule has 0 amide bonds. The van der Waals surface area contributed by atoms with Crippen molar-refractivity contribution in [3.63, 3.8) is 0 Å². The van der Waals surface area contributed by atoms with Crippen LogP contribution >= 0.6 is 39.1 Å². The van der Waals surface area contributed by atoms with Gasteiger partial charge >= 0.3 is 0 Å². The molecule has 1 unspecified atom stereocenters. The van der Waals surface area contributed by atoms with Crippen molar-refractivity contribution in [2.24, 2.45) is 5.84 Å². The highest BCUT2D eigenvalue weighted by Gasteiger charge is 2.15. The summed E-state index contributed by atoms with van der Waals surface area (Å²) in [6, 6.07) is 13.0. The molecule has 94 valence electrons. The van der Waals surface area contributed by atoms with E-state index in [1.807, 2.05) is 42.5 Å². The lowest BCUT2D eigenvalue weighted by Gasteiger charge is -2.18. The highest BCUT2D eigenvalue weighted by atomic mass is 79.9. The fourth-order valence-corrected chi connectivity index (χ4v) is 2.66. The van der Waals surface area contributed by atoms with Crippen molar-refractivity contribution in [1.82, 2.24) is 5.43 Å². The lowest BCUT2D eigenvalue weighted by atomic mass is 9.99. The number of benzene rings is 2. The van der Waals surface area contributed by atoms with Crippen LogP contribution in [0.4, 0.5) is 0 Å². The lowest BCUT2D eigenvalue weighted by molar-refractivity contribution is 0.637. The summed E-state index contributed by atoms with van der Waals surface area (Å²) in [5.74, 6) is 5.63. The predicted octanol–water partition coefficient (Wildman–Crippen LogP) is 4.31. The molecule has 2 rings (SSSR count). The molecule has 2 aromatic carbocycles. The number of halogens is 3. The summed E-state index contributed by atoms with van der Waals surface area (Å²) in [5, 5.41) is 1.35. The van der Waals surface area contributed by atoms with E-state index in [9.17, 15) is 0 Å². The average Bonchev–Trinajstić information content (AvgIpc) is 2.35. The van der Waals surface area contributed by atoms with E-state index in [0.717, 1.165) is 15.6 Å². The molecule has 2 nitrogen and oxygen atoms in total. The van der Waals surface area contributed by atoms with E-state index in [1.165, 1.54) is 0 Å². The van der Waals surface area contributed by atoms with Crippen LogP contribution in [0, 0.1) is 0 Å². The van der Waals surface area contributed by atoms with Gasteiger partial charge in [-0.25, -0.2) is 5.43 Å². The minimum Gasteiger partial charge on any atom is -0.271 e. The van der Waals surface area contributed by atoms with Crippen molar-refractivity contribution < 1.29 is 0 Å². The predicted molar refractivity (Wildman–Crippen MR) is 79.8 cm³/mol. The fraction of sp³-hybridized carbons (Fsp3) is 0.0769. The van der Waals surface area contributed by atoms with Crippen LogP contribution in [0.2, 0.25) is 10.0 Å². The van der Waals surface area contributed by atoms with Gasteiger partial charge in [-0.2, -0.15) is 0 Å². The number of nitrogens with one attached hydrogen (secondary N) is 1. The van der Waals surface area contributed by atoms with Gasteiger partial charge in [0.2, 0.25) is 0 Å². The maximum atomic E-state index is 6.23. The third-order valence-corrected chi connectivity index (χ3v) is 3.72. The highest BCUT2D eigenvalue weighted by Crippen LogP contribution is 2.30. The molecule has 1 atom stereocenters. The maximum absolute atomic E-state index is 6.23. The Hall–Kier alpha value is -0.580. The van der Waals surface area contributed by atoms with Gasteiger partial charge in [-0.05, 0) is 35.4 Å². The number of nitrogens with two attached hydrogens (primary N) is 1. The van der Waals surface area contributed by atoms with E-state index < -0.39 is 0 Å². The van der Waals surface area contributed by atoms with E-state index in [4.69, 9.17) is 29.0 Å². The van der Waals surface area contributed by atoms with E-state index in [2.05, 4.69) is 21.4 Å². The zero-order chi connectivity index (χ0) is 13.1. The van der Waals surface area contributed by atoms with E-state index in [0.29, 0.717) is 10.0 Å². The second-order valence-electron chi connectivity index (χ2n) is 3.82. The largest absolute Gasteiger partial charge is 0.271 e. The topological polar surface area (TPSA) is 38.0 Å². The van der Waals surface area contributed by atoms with Gasteiger partial charge in [-0.15, -0.1) is 0 Å². The van der Waals surface area contributed by atoms with E-state index in [-0.39, 0.29) is 6.04 Å². The van der Waals surface area contributed by atoms with Crippen LogP contribution < -0.4 is 11.3 Å². The standard InChI is InChI=1S/C13H11BrCl2N2/c14-9-3-6-11(12(16)7-9)13(18-17)8-1-4-10(15)5-2-8/h1-7,13,18H,17H2. The van der Waals surface area contributed by atoms with Gasteiger partial charge in [0.1, 0.15) is 0 Å². The van der Waals surface area contributed by atoms with Crippen molar-refractivity contribution in [3.8, 4) is 0 Å². The average molecular weight is 346 g/mol. The molecular formula is C13H11BrCl2N2. The first kappa shape index (κ1) is 13.8. The summed E-state index contributed by atoms with van der Waals surface area (Å²) < 4.78 is 0.933. The summed E-state index contributed by atoms with van der Waals surface area (Å²) in [6.07, 6.45) is 0. The van der Waals surface area contributed by atoms with Gasteiger partial charge < -0.3 is 0 Å². The van der Waals surface area contributed by atoms with Gasteiger partial charge in [-0.3, -0.25) is 5.84 Å². The number of hydrogen-bond acceptors (Lipinski definition) is 2. The summed E-state index contributed by atoms with van der Waals surface area (Å²) in [7, 11) is 0. The van der Waals surface area contributed by atoms with Crippen molar-refractivity contribution in [3.05, 3.63) is 68.1 Å². The van der Waals surface area contributed by atoms with Gasteiger partial charge in [0, 0.05) is 14.5 Å². The molecule has 0 aliphatic rings. The molecule has 0 saturated heterocycles. The van der Waals surface area contributed by atoms with E-state index >= 15 is 0 Å². The van der Waals surface area contributed by atoms with Crippen molar-refractivity contribution in [1.29, 1.82) is 0 Å². The Balaban J connectivity index is 2.41. The SMILES string of the molecule is NNC(c1ccc(Cl)cc1)c1ccc(Br)cc1Cl. The highest BCUT2D eigenvalue weighted by molar-refractivity contribution is 9.10. The molecular weight excluding hydrogens is 335 g/mol. The lowest BCUT2D eigenvalue weighted by Crippen LogP contribution is -2.29. The quantitative estimate of drug-likeness (QED) is 0.642. The molecule has 0 aliphatic heterocycles. The van der Waals surface area contributed by atoms with Crippen LogP contribution in [-0.2, 0) is 0 Å². The molecule has 5 heteroatoms. The van der Waals surface area contributed by atoms with Crippen molar-refractivity contribution in [2.75, 3.05) is 0 Å². The smallest absolute Gasteiger partial charge is 0.0724 e. The fourth-order valence-electron chi connectivity index (χ4n) is 1.76. The Morgan fingerprint density at radius 1 is 1.06 bits per heavy atom. The second-order valence-corrected chi connectivity index (χ2v) is 5.58. The summed E-state index contributed by atoms with van der Waals surface area (Å²) in [4.78, 5) is 0. The number of rotatable bonds is 3. The first-order chi connectivity index (χ1) is 8.61. The van der Waals surface area contributed by atoms with E-state index in [1.54, 1.807) is 0 Å². The molecule has 0 saturated carbocycles. The van der Waals surface area contributed by atoms with Crippen LogP contribution in [0.3, 0.4) is 0 Å². The molecule has 0 aromatic heterocycles. The second kappa shape index (κ2) is 6.04. The molecule has 0 aliphatic carbocycles. The Bertz CT molecular complexity index is 543. The molecule has 0 heterocycles. The molecule has 18 heavy (non-hydrogen) atoms. The van der Waals surface area contributed by atoms with Gasteiger partial charge in [-0.1, -0.05) is 57.3 Å². The van der Waals surface area contributed by atoms with Crippen molar-refractivity contribution in [2.45, 2.75) is 6.04 Å². The maximum Gasteiger partial charge on any atom is 0.0724 e. The Labute approximate surface area is 124 Å². The summed E-state index contributed by atoms with van der Waals surface area (Å²) >= 11 is 15.5. The van der Waals surface area contributed by atoms with Gasteiger partial charge in [0.05, 0.1) is 6.04 Å². The first-order valence-electron chi connectivity index (χ1n) is 5.28. The summed E-state index contributed by atoms with van der Waals surface area (Å²) in [6.45, 7) is 0. The molecule has 3 N–H and O–H groups in total. The van der Waals surface area contributed by atoms with Crippen LogP contribution in [0.25, 0.3) is 0 Å². The van der Waals surface area contributed by atoms with Crippen LogP contribution in [0.1, 0.15) is 17.2 Å². The zero-order valence-electron chi connectivity index (χ0n) is 9.33. The molecule has 0 radical (unpaired) electrons. The molecule has 0 spiro atoms. The van der Waals surface area contributed by atoms with Gasteiger partial charge in [0.15, 0.2) is 0 Å². The Morgan fingerprint density at radius 2 is 1.72 bits per heavy atom. The molecule has 2 aromatic rings. The minimum atomic E-state index is -0.164. The first-order valence-corrected chi connectivity index (χ1v) is 6.83. The third-order valence-electron chi connectivity index (χ3n) is 2.64. The van der Waals surface area contributed by atoms with Crippen LogP contribution in [0.5, 0.6) is 0 Å². The molecule has 0 bridgehead atoms. The molecule has 0 fully saturated rings. The third kappa shape index (κ3) is 3.05. The zero-order valence-corrected chi connectivity index (χ0v) is 12.4. The Morgan fingerprint density at radius 3 is 2.28 bits per heavy atom. The number of hydrogen-bond donors (Lipinski definition) is 2. The monoisotopic (exact) mass is 344 g/mol.